The van der Waals surface area contributed by atoms with Crippen molar-refractivity contribution in [2.45, 2.75) is 24.5 Å². The van der Waals surface area contributed by atoms with Crippen molar-refractivity contribution in [2.75, 3.05) is 6.61 Å². The van der Waals surface area contributed by atoms with E-state index >= 15 is 0 Å². The molecule has 0 saturated carbocycles. The maximum absolute atomic E-state index is 13.4. The molecule has 34 heavy (non-hydrogen) atoms. The van der Waals surface area contributed by atoms with Crippen LogP contribution in [0.15, 0.2) is 15.8 Å². The molecule has 1 aromatic rings. The van der Waals surface area contributed by atoms with Gasteiger partial charge in [0.25, 0.3) is 21.2 Å². The number of ether oxygens (including phenoxy) is 1. The van der Waals surface area contributed by atoms with Crippen LogP contribution in [0.25, 0.3) is 0 Å². The number of nitrogens with zero attached hydrogens (tertiary/aromatic N) is 1. The smallest absolute Gasteiger partial charge is 0.790 e. The van der Waals surface area contributed by atoms with E-state index in [1.165, 1.54) is 4.98 Å². The third-order valence-corrected chi connectivity index (χ3v) is 7.00. The Hall–Kier alpha value is 2.90. The van der Waals surface area contributed by atoms with Crippen LogP contribution < -0.4 is 149 Å². The van der Waals surface area contributed by atoms with E-state index in [1.807, 2.05) is 0 Å². The summed E-state index contributed by atoms with van der Waals surface area (Å²) in [5, 5.41) is 19.8. The van der Waals surface area contributed by atoms with Gasteiger partial charge in [-0.05, 0) is 0 Å². The fourth-order valence-corrected chi connectivity index (χ4v) is 5.06. The maximum Gasteiger partial charge on any atom is 1.00 e. The predicted molar refractivity (Wildman–Crippen MR) is 78.1 cm³/mol. The normalized spacial score (nSPS) is 25.4. The summed E-state index contributed by atoms with van der Waals surface area (Å²) in [6.07, 6.45) is -7.23. The minimum absolute atomic E-state index is 0. The van der Waals surface area contributed by atoms with Gasteiger partial charge >= 0.3 is 124 Å². The molecule has 1 aromatic heterocycles. The van der Waals surface area contributed by atoms with Crippen LogP contribution in [0, 0.1) is 5.82 Å². The van der Waals surface area contributed by atoms with E-state index in [1.54, 1.807) is 0 Å². The zero-order valence-electron chi connectivity index (χ0n) is 18.0. The fraction of sp³-hybridized carbons (Fsp3) is 0.556. The first-order valence-electron chi connectivity index (χ1n) is 7.25. The number of rotatable bonds is 8. The molecule has 2 rings (SSSR count). The summed E-state index contributed by atoms with van der Waals surface area (Å²) in [5.41, 5.74) is -2.65. The topological polar surface area (TPSA) is 276 Å². The molecule has 1 fully saturated rings. The first kappa shape index (κ1) is 41.4. The van der Waals surface area contributed by atoms with Gasteiger partial charge in [0, 0.05) is 0 Å². The SMILES string of the molecule is O=c1[nH]c(=O)n([C@@H]2O[C@H](COP(=O)([O-])OP(=O)([O-])OP(=O)([O-])[O-])[C@@H](O)[C@H]2O)cc1F.[Na+].[Na+].[Na+].[Na+]. The third-order valence-electron chi connectivity index (χ3n) is 3.33. The van der Waals surface area contributed by atoms with Gasteiger partial charge in [-0.25, -0.2) is 9.11 Å². The summed E-state index contributed by atoms with van der Waals surface area (Å²) in [6, 6.07) is 0. The monoisotopic (exact) mass is 590 g/mol. The first-order valence-corrected chi connectivity index (χ1v) is 11.6. The van der Waals surface area contributed by atoms with E-state index < -0.39 is 71.7 Å². The number of aliphatic hydroxyl groups is 2. The maximum atomic E-state index is 13.4. The molecule has 172 valence electrons. The van der Waals surface area contributed by atoms with Gasteiger partial charge in [0.2, 0.25) is 5.82 Å². The quantitative estimate of drug-likeness (QED) is 0.187. The van der Waals surface area contributed by atoms with Gasteiger partial charge in [-0.1, -0.05) is 0 Å². The number of hydrogen-bond donors (Lipinski definition) is 3. The molecule has 1 aliphatic rings. The second-order valence-electron chi connectivity index (χ2n) is 5.49. The summed E-state index contributed by atoms with van der Waals surface area (Å²) in [7, 11) is -18.3. The van der Waals surface area contributed by atoms with Crippen LogP contribution in [0.1, 0.15) is 6.23 Å². The summed E-state index contributed by atoms with van der Waals surface area (Å²) in [4.78, 5) is 67.2. The van der Waals surface area contributed by atoms with Crippen LogP contribution in [0.3, 0.4) is 0 Å². The van der Waals surface area contributed by atoms with E-state index in [9.17, 15) is 57.5 Å². The number of halogens is 1. The van der Waals surface area contributed by atoms with Crippen molar-refractivity contribution in [3.05, 3.63) is 32.9 Å². The Morgan fingerprint density at radius 1 is 1.00 bits per heavy atom. The van der Waals surface area contributed by atoms with Crippen molar-refractivity contribution in [3.63, 3.8) is 0 Å². The molecule has 3 N–H and O–H groups in total. The summed E-state index contributed by atoms with van der Waals surface area (Å²) < 4.78 is 61.7. The molecular formula is C9H10FN2Na4O15P3. The van der Waals surface area contributed by atoms with Crippen molar-refractivity contribution in [1.82, 2.24) is 9.55 Å². The minimum atomic E-state index is -6.21. The molecule has 17 nitrogen and oxygen atoms in total. The van der Waals surface area contributed by atoms with Crippen LogP contribution in [0.4, 0.5) is 4.39 Å². The number of nitrogens with one attached hydrogen (secondary N) is 1. The van der Waals surface area contributed by atoms with Crippen molar-refractivity contribution in [3.8, 4) is 0 Å². The Balaban J connectivity index is -0.00000240. The van der Waals surface area contributed by atoms with Crippen LogP contribution in [0.5, 0.6) is 0 Å². The number of H-pyrrole nitrogens is 1. The van der Waals surface area contributed by atoms with E-state index in [-0.39, 0.29) is 118 Å². The number of aromatic amines is 1. The summed E-state index contributed by atoms with van der Waals surface area (Å²) in [6.45, 7) is -1.26. The number of phosphoric acid groups is 3. The van der Waals surface area contributed by atoms with Gasteiger partial charge in [0.05, 0.1) is 20.6 Å². The molecule has 0 bridgehead atoms. The zero-order chi connectivity index (χ0) is 23.1. The summed E-state index contributed by atoms with van der Waals surface area (Å²) in [5.74, 6) is -1.46. The van der Waals surface area contributed by atoms with Crippen molar-refractivity contribution >= 4 is 23.5 Å². The molecule has 0 aromatic carbocycles. The third kappa shape index (κ3) is 12.4. The van der Waals surface area contributed by atoms with Crippen LogP contribution in [-0.4, -0.2) is 44.7 Å². The average Bonchev–Trinajstić information content (AvgIpc) is 2.81. The molecule has 0 spiro atoms. The number of hydrogen-bond acceptors (Lipinski definition) is 15. The average molecular weight is 590 g/mol. The second-order valence-corrected chi connectivity index (χ2v) is 9.74. The van der Waals surface area contributed by atoms with Gasteiger partial charge in [0.1, 0.15) is 18.3 Å². The molecule has 6 atom stereocenters. The molecule has 1 saturated heterocycles. The summed E-state index contributed by atoms with van der Waals surface area (Å²) >= 11 is 0. The molecule has 25 heteroatoms. The van der Waals surface area contributed by atoms with Gasteiger partial charge in [-0.3, -0.25) is 27.8 Å². The van der Waals surface area contributed by atoms with Crippen LogP contribution in [-0.2, 0) is 31.6 Å². The number of aromatic nitrogens is 2. The zero-order valence-corrected chi connectivity index (χ0v) is 28.6. The van der Waals surface area contributed by atoms with E-state index in [0.29, 0.717) is 10.8 Å². The Morgan fingerprint density at radius 2 is 1.53 bits per heavy atom. The fourth-order valence-electron chi connectivity index (χ4n) is 2.19. The number of aliphatic hydroxyl groups excluding tert-OH is 2. The Morgan fingerprint density at radius 3 is 2.03 bits per heavy atom. The van der Waals surface area contributed by atoms with E-state index in [2.05, 4.69) is 13.1 Å². The standard InChI is InChI=1S/C9H14FN2O15P3.4Na/c10-3-1-12(9(16)11-7(3)15)8-6(14)5(13)4(25-8)2-24-29(20,21)27-30(22,23)26-28(17,18)19;;;;/h1,4-6,8,13-14H,2H2,(H,20,21)(H,22,23)(H,11,15,16)(H2,17,18,19);;;;/q;4*+1/p-4/t4-,5-,6-,8-;;;;/m1..../s1. The van der Waals surface area contributed by atoms with Crippen molar-refractivity contribution < 1.29 is 184 Å². The number of phosphoric ester groups is 1. The molecule has 0 aliphatic carbocycles. The predicted octanol–water partition coefficient (Wildman–Crippen LogP) is -16.9. The van der Waals surface area contributed by atoms with Crippen molar-refractivity contribution in [2.24, 2.45) is 0 Å². The van der Waals surface area contributed by atoms with Gasteiger partial charge in [0.15, 0.2) is 6.23 Å². The minimum Gasteiger partial charge on any atom is -0.790 e. The molecule has 1 aliphatic heterocycles. The van der Waals surface area contributed by atoms with Gasteiger partial charge in [-0.15, -0.1) is 0 Å². The molecule has 2 heterocycles. The molecule has 0 amide bonds. The Labute approximate surface area is 277 Å². The molecule has 2 unspecified atom stereocenters. The largest absolute Gasteiger partial charge is 1.00 e. The van der Waals surface area contributed by atoms with Crippen molar-refractivity contribution in [1.29, 1.82) is 0 Å². The van der Waals surface area contributed by atoms with E-state index in [4.69, 9.17) is 4.74 Å². The van der Waals surface area contributed by atoms with Crippen LogP contribution in [0.2, 0.25) is 0 Å². The van der Waals surface area contributed by atoms with E-state index in [0.717, 1.165) is 0 Å². The van der Waals surface area contributed by atoms with Crippen LogP contribution >= 0.6 is 23.5 Å². The molecule has 0 radical (unpaired) electrons. The Kier molecular flexibility index (Phi) is 19.8. The van der Waals surface area contributed by atoms with Gasteiger partial charge in [-0.2, -0.15) is 4.39 Å². The second kappa shape index (κ2) is 16.2. The molecular weight excluding hydrogens is 580 g/mol. The Bertz CT molecular complexity index is 1070. The van der Waals surface area contributed by atoms with Gasteiger partial charge < -0.3 is 43.6 Å². The first-order chi connectivity index (χ1) is 13.5.